The van der Waals surface area contributed by atoms with E-state index in [0.29, 0.717) is 11.6 Å². The molecule has 0 fully saturated rings. The van der Waals surface area contributed by atoms with E-state index in [1.54, 1.807) is 11.3 Å². The summed E-state index contributed by atoms with van der Waals surface area (Å²) in [6.07, 6.45) is 4.66. The molecule has 0 spiro atoms. The third-order valence-electron chi connectivity index (χ3n) is 3.74. The maximum atomic E-state index is 11.4. The minimum absolute atomic E-state index is 0.0381. The van der Waals surface area contributed by atoms with Crippen molar-refractivity contribution in [1.82, 2.24) is 4.98 Å². The normalized spacial score (nSPS) is 15.0. The van der Waals surface area contributed by atoms with Crippen molar-refractivity contribution in [2.75, 3.05) is 0 Å². The molecule has 0 amide bonds. The van der Waals surface area contributed by atoms with E-state index in [2.05, 4.69) is 11.1 Å². The number of aromatic carboxylic acids is 1. The standard InChI is InChI=1S/C16H19NO3S/c1-16(2,3)13-12(15(18)19)20-14(17-13)11-8-9-6-4-5-7-10(9)21-11/h8H,4-7H2,1-3H3,(H,18,19). The topological polar surface area (TPSA) is 63.3 Å². The van der Waals surface area contributed by atoms with Crippen LogP contribution in [-0.4, -0.2) is 16.1 Å². The second kappa shape index (κ2) is 4.98. The molecule has 2 aromatic heterocycles. The maximum Gasteiger partial charge on any atom is 0.373 e. The van der Waals surface area contributed by atoms with Crippen molar-refractivity contribution in [3.8, 4) is 10.8 Å². The Labute approximate surface area is 127 Å². The van der Waals surface area contributed by atoms with Gasteiger partial charge >= 0.3 is 5.97 Å². The van der Waals surface area contributed by atoms with Crippen LogP contribution in [0.4, 0.5) is 0 Å². The van der Waals surface area contributed by atoms with E-state index in [1.165, 1.54) is 23.3 Å². The molecule has 2 heterocycles. The fourth-order valence-corrected chi connectivity index (χ4v) is 3.85. The Morgan fingerprint density at radius 1 is 1.33 bits per heavy atom. The molecule has 0 saturated carbocycles. The van der Waals surface area contributed by atoms with E-state index in [9.17, 15) is 9.90 Å². The molecule has 1 N–H and O–H groups in total. The van der Waals surface area contributed by atoms with Crippen molar-refractivity contribution in [2.45, 2.75) is 51.9 Å². The Balaban J connectivity index is 2.07. The summed E-state index contributed by atoms with van der Waals surface area (Å²) in [6.45, 7) is 5.83. The molecular weight excluding hydrogens is 286 g/mol. The van der Waals surface area contributed by atoms with Gasteiger partial charge in [0.1, 0.15) is 5.69 Å². The predicted octanol–water partition coefficient (Wildman–Crippen LogP) is 4.28. The molecule has 2 aromatic rings. The first-order valence-corrected chi connectivity index (χ1v) is 8.04. The SMILES string of the molecule is CC(C)(C)c1nc(-c2cc3c(s2)CCCC3)oc1C(=O)O. The molecule has 0 saturated heterocycles. The fourth-order valence-electron chi connectivity index (χ4n) is 2.67. The molecule has 3 rings (SSSR count). The highest BCUT2D eigenvalue weighted by Crippen LogP contribution is 2.37. The van der Waals surface area contributed by atoms with Crippen LogP contribution in [0.1, 0.15) is 60.3 Å². The van der Waals surface area contributed by atoms with Crippen molar-refractivity contribution < 1.29 is 14.3 Å². The van der Waals surface area contributed by atoms with Gasteiger partial charge in [0, 0.05) is 10.3 Å². The molecule has 21 heavy (non-hydrogen) atoms. The van der Waals surface area contributed by atoms with Crippen LogP contribution in [0.15, 0.2) is 10.5 Å². The van der Waals surface area contributed by atoms with Crippen molar-refractivity contribution >= 4 is 17.3 Å². The first-order valence-electron chi connectivity index (χ1n) is 7.23. The number of carbonyl (C=O) groups is 1. The Bertz CT molecular complexity index is 667. The van der Waals surface area contributed by atoms with Gasteiger partial charge in [-0.1, -0.05) is 20.8 Å². The zero-order valence-electron chi connectivity index (χ0n) is 12.5. The molecule has 5 heteroatoms. The molecule has 4 nitrogen and oxygen atoms in total. The number of hydrogen-bond donors (Lipinski definition) is 1. The van der Waals surface area contributed by atoms with Crippen LogP contribution in [0.3, 0.4) is 0 Å². The number of thiophene rings is 1. The van der Waals surface area contributed by atoms with E-state index in [-0.39, 0.29) is 11.2 Å². The first kappa shape index (κ1) is 14.3. The smallest absolute Gasteiger partial charge is 0.373 e. The summed E-state index contributed by atoms with van der Waals surface area (Å²) in [5.41, 5.74) is 1.52. The van der Waals surface area contributed by atoms with Gasteiger partial charge in [-0.2, -0.15) is 0 Å². The third-order valence-corrected chi connectivity index (χ3v) is 4.96. The monoisotopic (exact) mass is 305 g/mol. The molecule has 1 aliphatic rings. The number of oxazole rings is 1. The van der Waals surface area contributed by atoms with Gasteiger partial charge in [0.05, 0.1) is 4.88 Å². The van der Waals surface area contributed by atoms with Crippen molar-refractivity contribution in [3.63, 3.8) is 0 Å². The zero-order valence-corrected chi connectivity index (χ0v) is 13.3. The Morgan fingerprint density at radius 2 is 2.05 bits per heavy atom. The largest absolute Gasteiger partial charge is 0.475 e. The second-order valence-corrected chi connectivity index (χ2v) is 7.65. The van der Waals surface area contributed by atoms with Gasteiger partial charge in [0.15, 0.2) is 0 Å². The predicted molar refractivity (Wildman–Crippen MR) is 82.1 cm³/mol. The lowest BCUT2D eigenvalue weighted by Crippen LogP contribution is -2.16. The molecule has 0 aliphatic heterocycles. The van der Waals surface area contributed by atoms with Crippen LogP contribution in [0.2, 0.25) is 0 Å². The Hall–Kier alpha value is -1.62. The zero-order chi connectivity index (χ0) is 15.2. The highest BCUT2D eigenvalue weighted by molar-refractivity contribution is 7.15. The highest BCUT2D eigenvalue weighted by Gasteiger charge is 2.30. The lowest BCUT2D eigenvalue weighted by molar-refractivity contribution is 0.0659. The van der Waals surface area contributed by atoms with E-state index in [4.69, 9.17) is 4.42 Å². The minimum Gasteiger partial charge on any atom is -0.475 e. The summed E-state index contributed by atoms with van der Waals surface area (Å²) < 4.78 is 5.57. The van der Waals surface area contributed by atoms with E-state index in [1.807, 2.05) is 20.8 Å². The number of fused-ring (bicyclic) bond motifs is 1. The van der Waals surface area contributed by atoms with E-state index < -0.39 is 5.97 Å². The highest BCUT2D eigenvalue weighted by atomic mass is 32.1. The van der Waals surface area contributed by atoms with E-state index in [0.717, 1.165) is 17.7 Å². The number of aryl methyl sites for hydroxylation is 2. The number of rotatable bonds is 2. The van der Waals surface area contributed by atoms with Gasteiger partial charge in [0.2, 0.25) is 11.7 Å². The van der Waals surface area contributed by atoms with Crippen LogP contribution in [-0.2, 0) is 18.3 Å². The molecule has 0 unspecified atom stereocenters. The van der Waals surface area contributed by atoms with Crippen LogP contribution in [0.25, 0.3) is 10.8 Å². The Morgan fingerprint density at radius 3 is 2.62 bits per heavy atom. The summed E-state index contributed by atoms with van der Waals surface area (Å²) in [6, 6.07) is 2.11. The summed E-state index contributed by atoms with van der Waals surface area (Å²) >= 11 is 1.68. The van der Waals surface area contributed by atoms with Gasteiger partial charge in [-0.3, -0.25) is 0 Å². The lowest BCUT2D eigenvalue weighted by atomic mass is 9.91. The number of nitrogens with zero attached hydrogens (tertiary/aromatic N) is 1. The van der Waals surface area contributed by atoms with Gasteiger partial charge in [-0.25, -0.2) is 9.78 Å². The van der Waals surface area contributed by atoms with Crippen LogP contribution in [0.5, 0.6) is 0 Å². The molecule has 1 aliphatic carbocycles. The number of carboxylic acid groups (broad SMARTS) is 1. The van der Waals surface area contributed by atoms with Gasteiger partial charge in [-0.15, -0.1) is 11.3 Å². The number of aromatic nitrogens is 1. The molecule has 112 valence electrons. The summed E-state index contributed by atoms with van der Waals surface area (Å²) in [5.74, 6) is -0.652. The molecule has 0 aromatic carbocycles. The quantitative estimate of drug-likeness (QED) is 0.899. The molecular formula is C16H19NO3S. The summed E-state index contributed by atoms with van der Waals surface area (Å²) in [5, 5.41) is 9.32. The second-order valence-electron chi connectivity index (χ2n) is 6.52. The average molecular weight is 305 g/mol. The Kier molecular flexibility index (Phi) is 3.40. The van der Waals surface area contributed by atoms with Crippen molar-refractivity contribution in [3.05, 3.63) is 28.0 Å². The number of hydrogen-bond acceptors (Lipinski definition) is 4. The average Bonchev–Trinajstić information content (AvgIpc) is 3.02. The van der Waals surface area contributed by atoms with E-state index >= 15 is 0 Å². The van der Waals surface area contributed by atoms with Crippen LogP contribution in [0, 0.1) is 0 Å². The van der Waals surface area contributed by atoms with Crippen molar-refractivity contribution in [2.24, 2.45) is 0 Å². The molecule has 0 bridgehead atoms. The van der Waals surface area contributed by atoms with Crippen molar-refractivity contribution in [1.29, 1.82) is 0 Å². The molecule has 0 atom stereocenters. The lowest BCUT2D eigenvalue weighted by Gasteiger charge is -2.14. The summed E-state index contributed by atoms with van der Waals surface area (Å²) in [7, 11) is 0. The maximum absolute atomic E-state index is 11.4. The van der Waals surface area contributed by atoms with Crippen LogP contribution < -0.4 is 0 Å². The number of carboxylic acids is 1. The minimum atomic E-state index is -1.06. The third kappa shape index (κ3) is 2.62. The summed E-state index contributed by atoms with van der Waals surface area (Å²) in [4.78, 5) is 18.2. The first-order chi connectivity index (χ1) is 9.86. The van der Waals surface area contributed by atoms with Gasteiger partial charge < -0.3 is 9.52 Å². The molecule has 0 radical (unpaired) electrons. The van der Waals surface area contributed by atoms with Gasteiger partial charge in [0.25, 0.3) is 0 Å². The van der Waals surface area contributed by atoms with Crippen LogP contribution >= 0.6 is 11.3 Å². The van der Waals surface area contributed by atoms with Gasteiger partial charge in [-0.05, 0) is 37.3 Å². The fraction of sp³-hybridized carbons (Fsp3) is 0.500.